The smallest absolute Gasteiger partial charge is 0.343 e. The molecule has 1 heterocycles. The Hall–Kier alpha value is -3.94. The van der Waals surface area contributed by atoms with E-state index in [9.17, 15) is 14.7 Å². The van der Waals surface area contributed by atoms with E-state index in [1.54, 1.807) is 38.3 Å². The molecule has 0 radical (unpaired) electrons. The Morgan fingerprint density at radius 1 is 1.03 bits per heavy atom. The number of amides is 1. The van der Waals surface area contributed by atoms with Crippen molar-refractivity contribution in [2.45, 2.75) is 39.5 Å². The molecule has 0 spiro atoms. The Bertz CT molecular complexity index is 1220. The van der Waals surface area contributed by atoms with Gasteiger partial charge in [0.2, 0.25) is 5.91 Å². The highest BCUT2D eigenvalue weighted by Crippen LogP contribution is 2.33. The first-order chi connectivity index (χ1) is 17.4. The minimum absolute atomic E-state index is 0.0405. The van der Waals surface area contributed by atoms with Gasteiger partial charge in [0.05, 0.1) is 25.9 Å². The molecule has 8 nitrogen and oxygen atoms in total. The third-order valence-electron chi connectivity index (χ3n) is 5.69. The van der Waals surface area contributed by atoms with Gasteiger partial charge in [0.25, 0.3) is 0 Å². The van der Waals surface area contributed by atoms with E-state index in [-0.39, 0.29) is 23.6 Å². The number of carbonyl (C=O) groups is 1. The van der Waals surface area contributed by atoms with Crippen molar-refractivity contribution in [1.82, 2.24) is 5.32 Å². The fourth-order valence-electron chi connectivity index (χ4n) is 4.00. The SMILES string of the molecule is CCOc1ccc(CCNC(=O)C[C@@H](c2ccc(OC)cc2)c2c(O)cc(C)oc2=O)cc1OCC. The third kappa shape index (κ3) is 6.81. The molecule has 192 valence electrons. The number of aryl methyl sites for hydroxylation is 1. The van der Waals surface area contributed by atoms with Crippen molar-refractivity contribution in [3.63, 3.8) is 0 Å². The van der Waals surface area contributed by atoms with Crippen LogP contribution in [0.4, 0.5) is 0 Å². The van der Waals surface area contributed by atoms with Gasteiger partial charge in [-0.15, -0.1) is 0 Å². The van der Waals surface area contributed by atoms with Crippen molar-refractivity contribution < 1.29 is 28.5 Å². The number of nitrogens with one attached hydrogen (secondary N) is 1. The zero-order chi connectivity index (χ0) is 26.1. The number of ether oxygens (including phenoxy) is 3. The quantitative estimate of drug-likeness (QED) is 0.385. The molecule has 0 saturated heterocycles. The van der Waals surface area contributed by atoms with Gasteiger partial charge in [-0.3, -0.25) is 4.79 Å². The third-order valence-corrected chi connectivity index (χ3v) is 5.69. The lowest BCUT2D eigenvalue weighted by Crippen LogP contribution is -2.28. The highest BCUT2D eigenvalue weighted by molar-refractivity contribution is 5.77. The Morgan fingerprint density at radius 3 is 2.36 bits per heavy atom. The highest BCUT2D eigenvalue weighted by atomic mass is 16.5. The van der Waals surface area contributed by atoms with Gasteiger partial charge in [-0.1, -0.05) is 18.2 Å². The molecule has 36 heavy (non-hydrogen) atoms. The van der Waals surface area contributed by atoms with E-state index in [2.05, 4.69) is 5.32 Å². The molecule has 1 atom stereocenters. The lowest BCUT2D eigenvalue weighted by Gasteiger charge is -2.18. The topological polar surface area (TPSA) is 107 Å². The maximum absolute atomic E-state index is 12.9. The van der Waals surface area contributed by atoms with Crippen LogP contribution in [-0.2, 0) is 11.2 Å². The molecule has 0 fully saturated rings. The monoisotopic (exact) mass is 495 g/mol. The van der Waals surface area contributed by atoms with E-state index < -0.39 is 11.5 Å². The maximum atomic E-state index is 12.9. The summed E-state index contributed by atoms with van der Waals surface area (Å²) in [6.45, 7) is 6.86. The van der Waals surface area contributed by atoms with E-state index >= 15 is 0 Å². The average Bonchev–Trinajstić information content (AvgIpc) is 2.84. The minimum atomic E-state index is -0.692. The van der Waals surface area contributed by atoms with Crippen LogP contribution in [0.5, 0.6) is 23.0 Å². The molecule has 1 aromatic heterocycles. The predicted molar refractivity (Wildman–Crippen MR) is 136 cm³/mol. The molecule has 2 N–H and O–H groups in total. The molecule has 3 aromatic rings. The molecule has 2 aromatic carbocycles. The maximum Gasteiger partial charge on any atom is 0.343 e. The van der Waals surface area contributed by atoms with Crippen molar-refractivity contribution in [3.8, 4) is 23.0 Å². The molecule has 0 aliphatic carbocycles. The lowest BCUT2D eigenvalue weighted by molar-refractivity contribution is -0.121. The standard InChI is InChI=1S/C28H33NO7/c1-5-34-24-12-7-19(16-25(24)35-6-2)13-14-29-26(31)17-22(20-8-10-21(33-4)11-9-20)27-23(30)15-18(3)36-28(27)32/h7-12,15-16,22,30H,5-6,13-14,17H2,1-4H3,(H,29,31)/t22-/m0/s1. The predicted octanol–water partition coefficient (Wildman–Crippen LogP) is 4.34. The summed E-state index contributed by atoms with van der Waals surface area (Å²) in [4.78, 5) is 25.6. The first kappa shape index (κ1) is 26.7. The highest BCUT2D eigenvalue weighted by Gasteiger charge is 2.26. The number of methoxy groups -OCH3 is 1. The Labute approximate surface area is 210 Å². The van der Waals surface area contributed by atoms with Crippen LogP contribution in [0.15, 0.2) is 57.7 Å². The van der Waals surface area contributed by atoms with Crippen LogP contribution in [0.2, 0.25) is 0 Å². The first-order valence-electron chi connectivity index (χ1n) is 12.0. The summed E-state index contributed by atoms with van der Waals surface area (Å²) in [6.07, 6.45) is 0.546. The average molecular weight is 496 g/mol. The largest absolute Gasteiger partial charge is 0.507 e. The number of carbonyl (C=O) groups excluding carboxylic acids is 1. The molecular formula is C28H33NO7. The van der Waals surface area contributed by atoms with Gasteiger partial charge in [-0.2, -0.15) is 0 Å². The van der Waals surface area contributed by atoms with Crippen LogP contribution >= 0.6 is 0 Å². The van der Waals surface area contributed by atoms with E-state index in [1.807, 2.05) is 32.0 Å². The first-order valence-corrected chi connectivity index (χ1v) is 12.0. The Morgan fingerprint density at radius 2 is 1.72 bits per heavy atom. The number of benzene rings is 2. The van der Waals surface area contributed by atoms with Crippen molar-refractivity contribution in [2.24, 2.45) is 0 Å². The normalized spacial score (nSPS) is 11.6. The molecule has 3 rings (SSSR count). The molecule has 0 saturated carbocycles. The van der Waals surface area contributed by atoms with E-state index in [4.69, 9.17) is 18.6 Å². The van der Waals surface area contributed by atoms with Crippen molar-refractivity contribution >= 4 is 5.91 Å². The zero-order valence-electron chi connectivity index (χ0n) is 21.1. The van der Waals surface area contributed by atoms with Crippen LogP contribution in [-0.4, -0.2) is 37.9 Å². The minimum Gasteiger partial charge on any atom is -0.507 e. The van der Waals surface area contributed by atoms with Gasteiger partial charge in [0, 0.05) is 24.9 Å². The van der Waals surface area contributed by atoms with E-state index in [0.717, 1.165) is 5.56 Å². The van der Waals surface area contributed by atoms with Crippen LogP contribution < -0.4 is 25.2 Å². The molecule has 0 bridgehead atoms. The second-order valence-corrected chi connectivity index (χ2v) is 8.22. The van der Waals surface area contributed by atoms with Gasteiger partial charge >= 0.3 is 5.63 Å². The van der Waals surface area contributed by atoms with Gasteiger partial charge < -0.3 is 29.1 Å². The second kappa shape index (κ2) is 12.7. The molecule has 0 aliphatic rings. The summed E-state index contributed by atoms with van der Waals surface area (Å²) in [6, 6.07) is 14.1. The molecular weight excluding hydrogens is 462 g/mol. The lowest BCUT2D eigenvalue weighted by atomic mass is 9.88. The summed E-state index contributed by atoms with van der Waals surface area (Å²) in [5, 5.41) is 13.4. The van der Waals surface area contributed by atoms with Gasteiger partial charge in [-0.05, 0) is 62.6 Å². The fraction of sp³-hybridized carbons (Fsp3) is 0.357. The molecule has 1 amide bonds. The summed E-state index contributed by atoms with van der Waals surface area (Å²) >= 11 is 0. The molecule has 0 unspecified atom stereocenters. The zero-order valence-corrected chi connectivity index (χ0v) is 21.1. The number of hydrogen-bond donors (Lipinski definition) is 2. The second-order valence-electron chi connectivity index (χ2n) is 8.22. The van der Waals surface area contributed by atoms with Crippen molar-refractivity contribution in [2.75, 3.05) is 26.9 Å². The van der Waals surface area contributed by atoms with Crippen LogP contribution in [0.1, 0.15) is 48.6 Å². The van der Waals surface area contributed by atoms with Crippen LogP contribution in [0.3, 0.4) is 0 Å². The molecule has 8 heteroatoms. The number of rotatable bonds is 12. The molecule has 0 aliphatic heterocycles. The van der Waals surface area contributed by atoms with Crippen molar-refractivity contribution in [3.05, 3.63) is 81.4 Å². The summed E-state index contributed by atoms with van der Waals surface area (Å²) in [7, 11) is 1.56. The van der Waals surface area contributed by atoms with Crippen LogP contribution in [0, 0.1) is 6.92 Å². The van der Waals surface area contributed by atoms with Gasteiger partial charge in [0.15, 0.2) is 11.5 Å². The fourth-order valence-corrected chi connectivity index (χ4v) is 4.00. The summed E-state index contributed by atoms with van der Waals surface area (Å²) < 4.78 is 21.7. The van der Waals surface area contributed by atoms with Crippen molar-refractivity contribution in [1.29, 1.82) is 0 Å². The Balaban J connectivity index is 1.74. The number of aromatic hydroxyl groups is 1. The van der Waals surface area contributed by atoms with Crippen LogP contribution in [0.25, 0.3) is 0 Å². The summed E-state index contributed by atoms with van der Waals surface area (Å²) in [5.41, 5.74) is 1.06. The van der Waals surface area contributed by atoms with Gasteiger partial charge in [0.1, 0.15) is 17.3 Å². The number of hydrogen-bond acceptors (Lipinski definition) is 7. The van der Waals surface area contributed by atoms with E-state index in [1.165, 1.54) is 6.07 Å². The van der Waals surface area contributed by atoms with Gasteiger partial charge in [-0.25, -0.2) is 4.79 Å². The van der Waals surface area contributed by atoms with E-state index in [0.29, 0.717) is 54.8 Å². The summed E-state index contributed by atoms with van der Waals surface area (Å²) in [5.74, 6) is 1.14. The Kier molecular flexibility index (Phi) is 9.39.